The molecule has 3 rings (SSSR count). The summed E-state index contributed by atoms with van der Waals surface area (Å²) in [5, 5.41) is 0. The Morgan fingerprint density at radius 1 is 1.42 bits per heavy atom. The van der Waals surface area contributed by atoms with Crippen molar-refractivity contribution in [2.45, 2.75) is 26.7 Å². The number of furan rings is 1. The maximum atomic E-state index is 12.5. The Kier molecular flexibility index (Phi) is 2.49. The second kappa shape index (κ2) is 3.86. The number of hydrogen-bond donors (Lipinski definition) is 0. The van der Waals surface area contributed by atoms with Crippen LogP contribution in [-0.4, -0.2) is 13.1 Å². The molecule has 1 aromatic rings. The molecule has 3 nitrogen and oxygen atoms in total. The predicted octanol–water partition coefficient (Wildman–Crippen LogP) is 3.36. The molecule has 1 atom stereocenters. The summed E-state index contributed by atoms with van der Waals surface area (Å²) >= 11 is 0. The first-order valence-electron chi connectivity index (χ1n) is 6.55. The minimum absolute atomic E-state index is 0.153. The van der Waals surface area contributed by atoms with Gasteiger partial charge in [0.2, 0.25) is 0 Å². The topological polar surface area (TPSA) is 39.4 Å². The van der Waals surface area contributed by atoms with Crippen LogP contribution < -0.4 is 0 Å². The summed E-state index contributed by atoms with van der Waals surface area (Å²) < 4.78 is 10.6. The molecule has 0 radical (unpaired) electrons. The molecule has 0 aromatic carbocycles. The first kappa shape index (κ1) is 12.3. The molecule has 0 saturated heterocycles. The smallest absolute Gasteiger partial charge is 0.317 e. The Labute approximate surface area is 112 Å². The van der Waals surface area contributed by atoms with Crippen LogP contribution in [0.15, 0.2) is 34.5 Å². The van der Waals surface area contributed by atoms with Crippen LogP contribution >= 0.6 is 0 Å². The molecule has 19 heavy (non-hydrogen) atoms. The lowest BCUT2D eigenvalue weighted by atomic mass is 9.54. The van der Waals surface area contributed by atoms with Crippen LogP contribution in [-0.2, 0) is 16.0 Å². The van der Waals surface area contributed by atoms with E-state index in [4.69, 9.17) is 9.15 Å². The fraction of sp³-hybridized carbons (Fsp3) is 0.438. The summed E-state index contributed by atoms with van der Waals surface area (Å²) in [6.45, 7) is 4.26. The van der Waals surface area contributed by atoms with Crippen LogP contribution in [0.2, 0.25) is 0 Å². The summed E-state index contributed by atoms with van der Waals surface area (Å²) in [4.78, 5) is 12.5. The van der Waals surface area contributed by atoms with Crippen LogP contribution in [0.25, 0.3) is 6.08 Å². The molecule has 1 unspecified atom stereocenters. The summed E-state index contributed by atoms with van der Waals surface area (Å²) in [6.07, 6.45) is 9.34. The quantitative estimate of drug-likeness (QED) is 0.725. The average Bonchev–Trinajstić information content (AvgIpc) is 2.82. The summed E-state index contributed by atoms with van der Waals surface area (Å²) in [6, 6.07) is 1.95. The number of fused-ring (bicyclic) bond motifs is 2. The van der Waals surface area contributed by atoms with Gasteiger partial charge in [0, 0.05) is 0 Å². The zero-order valence-electron chi connectivity index (χ0n) is 11.5. The number of esters is 1. The molecule has 0 fully saturated rings. The van der Waals surface area contributed by atoms with Gasteiger partial charge in [-0.2, -0.15) is 0 Å². The van der Waals surface area contributed by atoms with Crippen molar-refractivity contribution in [3.63, 3.8) is 0 Å². The highest BCUT2D eigenvalue weighted by molar-refractivity contribution is 5.87. The van der Waals surface area contributed by atoms with Crippen LogP contribution in [0.1, 0.15) is 31.6 Å². The standard InChI is InChI=1S/C16H18O3/c1-15(2)7-4-5-12-9-13-11(6-8-19-13)10-16(12,15)14(17)18-3/h4-6,8-9H,7,10H2,1-3H3. The molecule has 100 valence electrons. The fourth-order valence-corrected chi connectivity index (χ4v) is 3.39. The molecule has 0 N–H and O–H groups in total. The number of rotatable bonds is 1. The van der Waals surface area contributed by atoms with Gasteiger partial charge in [-0.1, -0.05) is 26.0 Å². The van der Waals surface area contributed by atoms with Gasteiger partial charge < -0.3 is 9.15 Å². The van der Waals surface area contributed by atoms with Crippen molar-refractivity contribution < 1.29 is 13.9 Å². The van der Waals surface area contributed by atoms with Crippen molar-refractivity contribution in [3.05, 3.63) is 41.4 Å². The van der Waals surface area contributed by atoms with E-state index in [0.29, 0.717) is 6.42 Å². The SMILES string of the molecule is COC(=O)C12Cc3ccoc3C=C1C=CCC2(C)C. The van der Waals surface area contributed by atoms with E-state index in [1.54, 1.807) is 6.26 Å². The monoisotopic (exact) mass is 258 g/mol. The normalized spacial score (nSPS) is 27.2. The number of hydrogen-bond acceptors (Lipinski definition) is 3. The molecular weight excluding hydrogens is 240 g/mol. The van der Waals surface area contributed by atoms with E-state index < -0.39 is 5.41 Å². The maximum absolute atomic E-state index is 12.5. The lowest BCUT2D eigenvalue weighted by Gasteiger charge is -2.48. The number of carbonyl (C=O) groups is 1. The van der Waals surface area contributed by atoms with Gasteiger partial charge in [0.05, 0.1) is 13.4 Å². The third kappa shape index (κ3) is 1.47. The molecule has 0 saturated carbocycles. The number of methoxy groups -OCH3 is 1. The number of ether oxygens (including phenoxy) is 1. The van der Waals surface area contributed by atoms with Crippen molar-refractivity contribution in [1.29, 1.82) is 0 Å². The van der Waals surface area contributed by atoms with Gasteiger partial charge in [-0.3, -0.25) is 4.79 Å². The molecule has 3 heteroatoms. The van der Waals surface area contributed by atoms with E-state index in [-0.39, 0.29) is 11.4 Å². The summed E-state index contributed by atoms with van der Waals surface area (Å²) in [5.41, 5.74) is 1.30. The lowest BCUT2D eigenvalue weighted by molar-refractivity contribution is -0.157. The van der Waals surface area contributed by atoms with Crippen molar-refractivity contribution in [2.24, 2.45) is 10.8 Å². The zero-order chi connectivity index (χ0) is 13.7. The third-order valence-electron chi connectivity index (χ3n) is 4.63. The van der Waals surface area contributed by atoms with Gasteiger partial charge in [0.15, 0.2) is 0 Å². The van der Waals surface area contributed by atoms with E-state index in [2.05, 4.69) is 19.9 Å². The van der Waals surface area contributed by atoms with Gasteiger partial charge in [0.1, 0.15) is 11.2 Å². The molecule has 0 bridgehead atoms. The van der Waals surface area contributed by atoms with Crippen molar-refractivity contribution in [1.82, 2.24) is 0 Å². The summed E-state index contributed by atoms with van der Waals surface area (Å²) in [7, 11) is 1.47. The van der Waals surface area contributed by atoms with Crippen molar-refractivity contribution >= 4 is 12.0 Å². The maximum Gasteiger partial charge on any atom is 0.317 e. The van der Waals surface area contributed by atoms with Gasteiger partial charge in [-0.25, -0.2) is 0 Å². The minimum Gasteiger partial charge on any atom is -0.468 e. The van der Waals surface area contributed by atoms with Crippen LogP contribution in [0, 0.1) is 10.8 Å². The van der Waals surface area contributed by atoms with Gasteiger partial charge >= 0.3 is 5.97 Å². The fourth-order valence-electron chi connectivity index (χ4n) is 3.39. The van der Waals surface area contributed by atoms with Crippen molar-refractivity contribution in [3.8, 4) is 0 Å². The Morgan fingerprint density at radius 2 is 2.21 bits per heavy atom. The Hall–Kier alpha value is -1.77. The molecule has 1 aromatic heterocycles. The van der Waals surface area contributed by atoms with Crippen LogP contribution in [0.3, 0.4) is 0 Å². The molecule has 0 aliphatic heterocycles. The molecule has 0 spiro atoms. The minimum atomic E-state index is -0.604. The van der Waals surface area contributed by atoms with E-state index in [1.807, 2.05) is 18.2 Å². The average molecular weight is 258 g/mol. The van der Waals surface area contributed by atoms with E-state index >= 15 is 0 Å². The number of allylic oxidation sites excluding steroid dienone is 2. The zero-order valence-corrected chi connectivity index (χ0v) is 11.5. The highest BCUT2D eigenvalue weighted by Crippen LogP contribution is 2.56. The Morgan fingerprint density at radius 3 is 2.95 bits per heavy atom. The van der Waals surface area contributed by atoms with Crippen molar-refractivity contribution in [2.75, 3.05) is 7.11 Å². The lowest BCUT2D eigenvalue weighted by Crippen LogP contribution is -2.50. The van der Waals surface area contributed by atoms with Gasteiger partial charge in [0.25, 0.3) is 0 Å². The van der Waals surface area contributed by atoms with Gasteiger partial charge in [-0.05, 0) is 41.5 Å². The summed E-state index contributed by atoms with van der Waals surface area (Å²) in [5.74, 6) is 0.705. The molecule has 1 heterocycles. The molecule has 2 aliphatic rings. The van der Waals surface area contributed by atoms with Gasteiger partial charge in [-0.15, -0.1) is 0 Å². The molecule has 0 amide bonds. The third-order valence-corrected chi connectivity index (χ3v) is 4.63. The molecular formula is C16H18O3. The first-order chi connectivity index (χ1) is 9.01. The van der Waals surface area contributed by atoms with Crippen LogP contribution in [0.5, 0.6) is 0 Å². The van der Waals surface area contributed by atoms with E-state index in [0.717, 1.165) is 23.3 Å². The second-order valence-electron chi connectivity index (χ2n) is 5.97. The Bertz CT molecular complexity index is 589. The second-order valence-corrected chi connectivity index (χ2v) is 5.97. The number of carbonyl (C=O) groups excluding carboxylic acids is 1. The first-order valence-corrected chi connectivity index (χ1v) is 6.55. The Balaban J connectivity index is 2.24. The van der Waals surface area contributed by atoms with E-state index in [9.17, 15) is 4.79 Å². The van der Waals surface area contributed by atoms with E-state index in [1.165, 1.54) is 7.11 Å². The van der Waals surface area contributed by atoms with Crippen LogP contribution in [0.4, 0.5) is 0 Å². The molecule has 2 aliphatic carbocycles. The largest absolute Gasteiger partial charge is 0.468 e. The predicted molar refractivity (Wildman–Crippen MR) is 72.4 cm³/mol. The highest BCUT2D eigenvalue weighted by Gasteiger charge is 2.56. The highest BCUT2D eigenvalue weighted by atomic mass is 16.5.